The molecule has 1 aliphatic heterocycles. The van der Waals surface area contributed by atoms with Gasteiger partial charge in [-0.05, 0) is 18.8 Å². The third-order valence-electron chi connectivity index (χ3n) is 3.74. The SMILES string of the molecule is CCC1CN(C(=O)N[C@@H](CC2CC2)C(=O)O)CCO1. The highest BCUT2D eigenvalue weighted by Gasteiger charge is 2.32. The zero-order valence-electron chi connectivity index (χ0n) is 11.3. The molecule has 1 heterocycles. The molecule has 2 fully saturated rings. The summed E-state index contributed by atoms with van der Waals surface area (Å²) in [5, 5.41) is 11.8. The van der Waals surface area contributed by atoms with Crippen molar-refractivity contribution in [2.45, 2.75) is 44.8 Å². The Bertz CT molecular complexity index is 344. The molecular weight excluding hydrogens is 248 g/mol. The Hall–Kier alpha value is -1.30. The zero-order chi connectivity index (χ0) is 13.8. The first kappa shape index (κ1) is 14.1. The minimum absolute atomic E-state index is 0.0613. The van der Waals surface area contributed by atoms with Crippen LogP contribution in [0.4, 0.5) is 4.79 Å². The van der Waals surface area contributed by atoms with E-state index in [-0.39, 0.29) is 12.1 Å². The first-order valence-electron chi connectivity index (χ1n) is 7.00. The lowest BCUT2D eigenvalue weighted by Crippen LogP contribution is -2.53. The van der Waals surface area contributed by atoms with Crippen molar-refractivity contribution in [1.29, 1.82) is 0 Å². The van der Waals surface area contributed by atoms with Crippen molar-refractivity contribution >= 4 is 12.0 Å². The number of carboxylic acids is 1. The van der Waals surface area contributed by atoms with E-state index in [0.29, 0.717) is 32.0 Å². The molecule has 108 valence electrons. The van der Waals surface area contributed by atoms with Gasteiger partial charge in [0.1, 0.15) is 6.04 Å². The van der Waals surface area contributed by atoms with Gasteiger partial charge in [-0.2, -0.15) is 0 Å². The summed E-state index contributed by atoms with van der Waals surface area (Å²) in [6.07, 6.45) is 3.62. The largest absolute Gasteiger partial charge is 0.480 e. The predicted molar refractivity (Wildman–Crippen MR) is 68.9 cm³/mol. The number of hydrogen-bond acceptors (Lipinski definition) is 3. The molecule has 19 heavy (non-hydrogen) atoms. The van der Waals surface area contributed by atoms with Crippen LogP contribution in [0.15, 0.2) is 0 Å². The molecule has 0 aromatic heterocycles. The average molecular weight is 270 g/mol. The van der Waals surface area contributed by atoms with Crippen LogP contribution < -0.4 is 5.32 Å². The van der Waals surface area contributed by atoms with E-state index in [4.69, 9.17) is 9.84 Å². The molecule has 2 N–H and O–H groups in total. The molecule has 2 aliphatic rings. The molecule has 1 saturated carbocycles. The highest BCUT2D eigenvalue weighted by atomic mass is 16.5. The summed E-state index contributed by atoms with van der Waals surface area (Å²) >= 11 is 0. The van der Waals surface area contributed by atoms with Crippen molar-refractivity contribution in [2.24, 2.45) is 5.92 Å². The second-order valence-corrected chi connectivity index (χ2v) is 5.37. The van der Waals surface area contributed by atoms with Crippen molar-refractivity contribution in [2.75, 3.05) is 19.7 Å². The van der Waals surface area contributed by atoms with Crippen molar-refractivity contribution in [3.05, 3.63) is 0 Å². The molecule has 0 spiro atoms. The maximum absolute atomic E-state index is 12.1. The number of nitrogens with zero attached hydrogens (tertiary/aromatic N) is 1. The molecule has 1 saturated heterocycles. The van der Waals surface area contributed by atoms with E-state index in [1.54, 1.807) is 4.90 Å². The number of carbonyl (C=O) groups is 2. The van der Waals surface area contributed by atoms with E-state index < -0.39 is 12.0 Å². The molecule has 0 bridgehead atoms. The lowest BCUT2D eigenvalue weighted by molar-refractivity contribution is -0.139. The van der Waals surface area contributed by atoms with Gasteiger partial charge in [-0.1, -0.05) is 19.8 Å². The smallest absolute Gasteiger partial charge is 0.326 e. The van der Waals surface area contributed by atoms with Crippen LogP contribution >= 0.6 is 0 Å². The fourth-order valence-corrected chi connectivity index (χ4v) is 2.30. The fourth-order valence-electron chi connectivity index (χ4n) is 2.30. The highest BCUT2D eigenvalue weighted by molar-refractivity contribution is 5.82. The Morgan fingerprint density at radius 3 is 2.79 bits per heavy atom. The number of ether oxygens (including phenoxy) is 1. The van der Waals surface area contributed by atoms with E-state index in [1.165, 1.54) is 0 Å². The van der Waals surface area contributed by atoms with Crippen molar-refractivity contribution in [3.8, 4) is 0 Å². The van der Waals surface area contributed by atoms with Crippen LogP contribution in [0.2, 0.25) is 0 Å². The Kier molecular flexibility index (Phi) is 4.63. The second-order valence-electron chi connectivity index (χ2n) is 5.37. The lowest BCUT2D eigenvalue weighted by Gasteiger charge is -2.33. The number of urea groups is 1. The van der Waals surface area contributed by atoms with Crippen LogP contribution in [-0.2, 0) is 9.53 Å². The highest BCUT2D eigenvalue weighted by Crippen LogP contribution is 2.33. The molecule has 6 heteroatoms. The molecule has 0 aromatic carbocycles. The summed E-state index contributed by atoms with van der Waals surface area (Å²) in [6, 6.07) is -1.04. The number of carbonyl (C=O) groups excluding carboxylic acids is 1. The molecule has 1 aliphatic carbocycles. The maximum Gasteiger partial charge on any atom is 0.326 e. The number of hydrogen-bond donors (Lipinski definition) is 2. The van der Waals surface area contributed by atoms with Crippen molar-refractivity contribution in [3.63, 3.8) is 0 Å². The van der Waals surface area contributed by atoms with E-state index >= 15 is 0 Å². The first-order valence-corrected chi connectivity index (χ1v) is 7.00. The lowest BCUT2D eigenvalue weighted by atomic mass is 10.1. The standard InChI is InChI=1S/C13H22N2O4/c1-2-10-8-15(5-6-19-10)13(18)14-11(12(16)17)7-9-3-4-9/h9-11H,2-8H2,1H3,(H,14,18)(H,16,17)/t10?,11-/m0/s1. The van der Waals surface area contributed by atoms with E-state index in [2.05, 4.69) is 5.32 Å². The number of nitrogens with one attached hydrogen (secondary N) is 1. The zero-order valence-corrected chi connectivity index (χ0v) is 11.3. The normalized spacial score (nSPS) is 24.9. The summed E-state index contributed by atoms with van der Waals surface area (Å²) in [6.45, 7) is 3.60. The summed E-state index contributed by atoms with van der Waals surface area (Å²) in [4.78, 5) is 24.9. The monoisotopic (exact) mass is 270 g/mol. The van der Waals surface area contributed by atoms with Gasteiger partial charge in [0.2, 0.25) is 0 Å². The van der Waals surface area contributed by atoms with Gasteiger partial charge in [-0.15, -0.1) is 0 Å². The average Bonchev–Trinajstić information content (AvgIpc) is 3.21. The molecule has 2 atom stereocenters. The van der Waals surface area contributed by atoms with Gasteiger partial charge in [0.15, 0.2) is 0 Å². The van der Waals surface area contributed by atoms with E-state index in [0.717, 1.165) is 19.3 Å². The summed E-state index contributed by atoms with van der Waals surface area (Å²) in [5.74, 6) is -0.477. The Morgan fingerprint density at radius 2 is 2.21 bits per heavy atom. The van der Waals surface area contributed by atoms with E-state index in [1.807, 2.05) is 6.92 Å². The first-order chi connectivity index (χ1) is 9.10. The topological polar surface area (TPSA) is 78.9 Å². The molecule has 2 rings (SSSR count). The Balaban J connectivity index is 1.85. The molecule has 0 aromatic rings. The minimum atomic E-state index is -0.944. The van der Waals surface area contributed by atoms with Gasteiger partial charge >= 0.3 is 12.0 Å². The minimum Gasteiger partial charge on any atom is -0.480 e. The number of morpholine rings is 1. The second kappa shape index (κ2) is 6.23. The van der Waals surface area contributed by atoms with Gasteiger partial charge in [-0.3, -0.25) is 0 Å². The summed E-state index contributed by atoms with van der Waals surface area (Å²) in [7, 11) is 0. The van der Waals surface area contributed by atoms with Crippen LogP contribution in [0, 0.1) is 5.92 Å². The fraction of sp³-hybridized carbons (Fsp3) is 0.846. The predicted octanol–water partition coefficient (Wildman–Crippen LogP) is 1.06. The van der Waals surface area contributed by atoms with Crippen molar-refractivity contribution in [1.82, 2.24) is 10.2 Å². The molecule has 2 amide bonds. The maximum atomic E-state index is 12.1. The van der Waals surface area contributed by atoms with Crippen LogP contribution in [0.3, 0.4) is 0 Å². The number of carboxylic acid groups (broad SMARTS) is 1. The number of amides is 2. The summed E-state index contributed by atoms with van der Waals surface area (Å²) in [5.41, 5.74) is 0. The third-order valence-corrected chi connectivity index (χ3v) is 3.74. The van der Waals surface area contributed by atoms with Crippen LogP contribution in [0.25, 0.3) is 0 Å². The van der Waals surface area contributed by atoms with Gasteiger partial charge in [-0.25, -0.2) is 9.59 Å². The van der Waals surface area contributed by atoms with Crippen LogP contribution in [0.1, 0.15) is 32.6 Å². The van der Waals surface area contributed by atoms with Gasteiger partial charge in [0.05, 0.1) is 12.7 Å². The number of aliphatic carboxylic acids is 1. The molecular formula is C13H22N2O4. The van der Waals surface area contributed by atoms with E-state index in [9.17, 15) is 9.59 Å². The van der Waals surface area contributed by atoms with Crippen LogP contribution in [-0.4, -0.2) is 53.8 Å². The number of rotatable bonds is 5. The molecule has 0 radical (unpaired) electrons. The quantitative estimate of drug-likeness (QED) is 0.783. The Morgan fingerprint density at radius 1 is 1.47 bits per heavy atom. The third kappa shape index (κ3) is 4.09. The molecule has 6 nitrogen and oxygen atoms in total. The van der Waals surface area contributed by atoms with Gasteiger partial charge < -0.3 is 20.1 Å². The van der Waals surface area contributed by atoms with Crippen LogP contribution in [0.5, 0.6) is 0 Å². The van der Waals surface area contributed by atoms with Gasteiger partial charge in [0, 0.05) is 13.1 Å². The molecule has 1 unspecified atom stereocenters. The van der Waals surface area contributed by atoms with Crippen molar-refractivity contribution < 1.29 is 19.4 Å². The Labute approximate surface area is 113 Å². The van der Waals surface area contributed by atoms with Gasteiger partial charge in [0.25, 0.3) is 0 Å². The summed E-state index contributed by atoms with van der Waals surface area (Å²) < 4.78 is 5.50.